The number of aliphatic hydroxyl groups excluding tert-OH is 1. The second-order valence-corrected chi connectivity index (χ2v) is 7.37. The maximum Gasteiger partial charge on any atom is 0.240 e. The van der Waals surface area contributed by atoms with E-state index in [2.05, 4.69) is 4.72 Å². The molecule has 1 saturated carbocycles. The molecule has 19 heavy (non-hydrogen) atoms. The molecule has 1 aliphatic rings. The largest absolute Gasteiger partial charge is 0.392 e. The zero-order valence-corrected chi connectivity index (χ0v) is 12.0. The quantitative estimate of drug-likeness (QED) is 0.887. The molecule has 0 bridgehead atoms. The fourth-order valence-electron chi connectivity index (χ4n) is 2.10. The second kappa shape index (κ2) is 4.54. The van der Waals surface area contributed by atoms with Crippen LogP contribution < -0.4 is 4.72 Å². The van der Waals surface area contributed by atoms with E-state index in [0.29, 0.717) is 12.0 Å². The smallest absolute Gasteiger partial charge is 0.240 e. The SMILES string of the molecule is Cc1ccc(S(=O)(=O)NC2CC(O)C2(C)C)cc1F. The predicted octanol–water partition coefficient (Wildman–Crippen LogP) is 1.57. The van der Waals surface area contributed by atoms with E-state index in [4.69, 9.17) is 0 Å². The molecule has 1 aromatic rings. The average Bonchev–Trinajstić information content (AvgIpc) is 2.32. The van der Waals surface area contributed by atoms with Crippen LogP contribution in [0.3, 0.4) is 0 Å². The van der Waals surface area contributed by atoms with Crippen LogP contribution in [0.2, 0.25) is 0 Å². The van der Waals surface area contributed by atoms with Gasteiger partial charge in [0, 0.05) is 11.5 Å². The number of nitrogens with one attached hydrogen (secondary N) is 1. The number of halogens is 1. The highest BCUT2D eigenvalue weighted by atomic mass is 32.2. The Bertz CT molecular complexity index is 598. The number of sulfonamides is 1. The average molecular weight is 287 g/mol. The summed E-state index contributed by atoms with van der Waals surface area (Å²) in [5.74, 6) is -0.546. The zero-order chi connectivity index (χ0) is 14.4. The summed E-state index contributed by atoms with van der Waals surface area (Å²) in [6.07, 6.45) is -0.143. The van der Waals surface area contributed by atoms with Crippen LogP contribution in [-0.2, 0) is 10.0 Å². The molecule has 0 spiro atoms. The van der Waals surface area contributed by atoms with Crippen molar-refractivity contribution in [2.75, 3.05) is 0 Å². The van der Waals surface area contributed by atoms with Gasteiger partial charge >= 0.3 is 0 Å². The van der Waals surface area contributed by atoms with Crippen molar-refractivity contribution in [2.24, 2.45) is 5.41 Å². The first-order chi connectivity index (χ1) is 8.64. The van der Waals surface area contributed by atoms with Crippen LogP contribution >= 0.6 is 0 Å². The molecule has 2 atom stereocenters. The maximum atomic E-state index is 13.4. The summed E-state index contributed by atoms with van der Waals surface area (Å²) in [4.78, 5) is -0.0900. The first-order valence-corrected chi connectivity index (χ1v) is 7.59. The van der Waals surface area contributed by atoms with Crippen LogP contribution in [0.5, 0.6) is 0 Å². The van der Waals surface area contributed by atoms with Gasteiger partial charge in [0.05, 0.1) is 11.0 Å². The Labute approximate surface area is 112 Å². The number of hydrogen-bond donors (Lipinski definition) is 2. The molecule has 0 aromatic heterocycles. The van der Waals surface area contributed by atoms with Crippen LogP contribution in [0, 0.1) is 18.2 Å². The van der Waals surface area contributed by atoms with Crippen molar-refractivity contribution in [1.29, 1.82) is 0 Å². The Morgan fingerprint density at radius 2 is 2.05 bits per heavy atom. The molecule has 1 aliphatic carbocycles. The van der Waals surface area contributed by atoms with Gasteiger partial charge in [0.2, 0.25) is 10.0 Å². The van der Waals surface area contributed by atoms with E-state index in [9.17, 15) is 17.9 Å². The van der Waals surface area contributed by atoms with E-state index in [1.165, 1.54) is 12.1 Å². The molecule has 4 nitrogen and oxygen atoms in total. The van der Waals surface area contributed by atoms with E-state index in [0.717, 1.165) is 6.07 Å². The molecule has 1 fully saturated rings. The monoisotopic (exact) mass is 287 g/mol. The highest BCUT2D eigenvalue weighted by Crippen LogP contribution is 2.41. The third kappa shape index (κ3) is 2.52. The summed E-state index contributed by atoms with van der Waals surface area (Å²) in [5.41, 5.74) is -0.102. The molecule has 0 saturated heterocycles. The first kappa shape index (κ1) is 14.4. The van der Waals surface area contributed by atoms with Crippen molar-refractivity contribution >= 4 is 10.0 Å². The first-order valence-electron chi connectivity index (χ1n) is 6.11. The molecule has 2 N–H and O–H groups in total. The maximum absolute atomic E-state index is 13.4. The number of aryl methyl sites for hydroxylation is 1. The number of benzene rings is 1. The minimum absolute atomic E-state index is 0.0900. The molecule has 2 unspecified atom stereocenters. The van der Waals surface area contributed by atoms with Crippen LogP contribution in [0.4, 0.5) is 4.39 Å². The lowest BCUT2D eigenvalue weighted by Crippen LogP contribution is -2.61. The Morgan fingerprint density at radius 3 is 2.53 bits per heavy atom. The van der Waals surface area contributed by atoms with E-state index in [1.54, 1.807) is 20.8 Å². The zero-order valence-electron chi connectivity index (χ0n) is 11.1. The predicted molar refractivity (Wildman–Crippen MR) is 69.7 cm³/mol. The molecule has 0 amide bonds. The van der Waals surface area contributed by atoms with Crippen molar-refractivity contribution in [3.63, 3.8) is 0 Å². The van der Waals surface area contributed by atoms with Gasteiger partial charge in [-0.1, -0.05) is 19.9 Å². The third-order valence-electron chi connectivity index (χ3n) is 3.97. The van der Waals surface area contributed by atoms with E-state index in [-0.39, 0.29) is 10.9 Å². The summed E-state index contributed by atoms with van der Waals surface area (Å²) in [6.45, 7) is 5.17. The highest BCUT2D eigenvalue weighted by molar-refractivity contribution is 7.89. The Kier molecular flexibility index (Phi) is 3.45. The van der Waals surface area contributed by atoms with Gasteiger partial charge in [0.25, 0.3) is 0 Å². The lowest BCUT2D eigenvalue weighted by Gasteiger charge is -2.49. The molecule has 106 valence electrons. The fraction of sp³-hybridized carbons (Fsp3) is 0.538. The summed E-state index contributed by atoms with van der Waals surface area (Å²) < 4.78 is 40.2. The van der Waals surface area contributed by atoms with Crippen molar-refractivity contribution in [3.05, 3.63) is 29.6 Å². The normalized spacial score (nSPS) is 25.9. The third-order valence-corrected chi connectivity index (χ3v) is 5.44. The van der Waals surface area contributed by atoms with Gasteiger partial charge in [0.15, 0.2) is 0 Å². The summed E-state index contributed by atoms with van der Waals surface area (Å²) in [5, 5.41) is 9.60. The van der Waals surface area contributed by atoms with Crippen LogP contribution in [0.1, 0.15) is 25.8 Å². The minimum Gasteiger partial charge on any atom is -0.392 e. The summed E-state index contributed by atoms with van der Waals surface area (Å²) in [7, 11) is -3.76. The Balaban J connectivity index is 2.22. The molecule has 1 aromatic carbocycles. The Hall–Kier alpha value is -0.980. The lowest BCUT2D eigenvalue weighted by atomic mass is 9.65. The van der Waals surface area contributed by atoms with Gasteiger partial charge in [-0.25, -0.2) is 17.5 Å². The molecule has 0 radical (unpaired) electrons. The molecular formula is C13H18FNO3S. The van der Waals surface area contributed by atoms with Crippen molar-refractivity contribution in [2.45, 2.75) is 44.2 Å². The van der Waals surface area contributed by atoms with Gasteiger partial charge < -0.3 is 5.11 Å². The van der Waals surface area contributed by atoms with Crippen LogP contribution in [0.25, 0.3) is 0 Å². The minimum atomic E-state index is -3.76. The summed E-state index contributed by atoms with van der Waals surface area (Å²) in [6, 6.07) is 3.49. The van der Waals surface area contributed by atoms with Crippen molar-refractivity contribution in [1.82, 2.24) is 4.72 Å². The van der Waals surface area contributed by atoms with Crippen molar-refractivity contribution < 1.29 is 17.9 Å². The fourth-order valence-corrected chi connectivity index (χ4v) is 3.51. The molecular weight excluding hydrogens is 269 g/mol. The Morgan fingerprint density at radius 1 is 1.42 bits per heavy atom. The number of hydrogen-bond acceptors (Lipinski definition) is 3. The number of aliphatic hydroxyl groups is 1. The number of rotatable bonds is 3. The van der Waals surface area contributed by atoms with E-state index < -0.39 is 27.4 Å². The van der Waals surface area contributed by atoms with Gasteiger partial charge in [0.1, 0.15) is 5.82 Å². The van der Waals surface area contributed by atoms with Crippen LogP contribution in [0.15, 0.2) is 23.1 Å². The second-order valence-electron chi connectivity index (χ2n) is 5.66. The highest BCUT2D eigenvalue weighted by Gasteiger charge is 2.48. The topological polar surface area (TPSA) is 66.4 Å². The van der Waals surface area contributed by atoms with E-state index in [1.807, 2.05) is 0 Å². The molecule has 0 aliphatic heterocycles. The molecule has 6 heteroatoms. The summed E-state index contributed by atoms with van der Waals surface area (Å²) >= 11 is 0. The van der Waals surface area contributed by atoms with Gasteiger partial charge in [-0.2, -0.15) is 0 Å². The van der Waals surface area contributed by atoms with E-state index >= 15 is 0 Å². The van der Waals surface area contributed by atoms with Gasteiger partial charge in [-0.05, 0) is 31.0 Å². The van der Waals surface area contributed by atoms with Gasteiger partial charge in [-0.15, -0.1) is 0 Å². The van der Waals surface area contributed by atoms with Crippen LogP contribution in [-0.4, -0.2) is 25.7 Å². The standard InChI is InChI=1S/C13H18FNO3S/c1-8-4-5-9(6-10(8)14)19(17,18)15-11-7-12(16)13(11,2)3/h4-6,11-12,15-16H,7H2,1-3H3. The molecule has 0 heterocycles. The van der Waals surface area contributed by atoms with Gasteiger partial charge in [-0.3, -0.25) is 0 Å². The van der Waals surface area contributed by atoms with Crippen molar-refractivity contribution in [3.8, 4) is 0 Å². The lowest BCUT2D eigenvalue weighted by molar-refractivity contribution is -0.0645. The molecule has 2 rings (SSSR count).